The number of aromatic nitrogens is 4. The lowest BCUT2D eigenvalue weighted by atomic mass is 10.2. The van der Waals surface area contributed by atoms with E-state index in [4.69, 9.17) is 14.7 Å². The number of aryl methyl sites for hydroxylation is 1. The van der Waals surface area contributed by atoms with E-state index in [2.05, 4.69) is 15.3 Å². The molecule has 0 saturated carbocycles. The highest BCUT2D eigenvalue weighted by Gasteiger charge is 2.23. The second kappa shape index (κ2) is 8.40. The smallest absolute Gasteiger partial charge is 0.243 e. The summed E-state index contributed by atoms with van der Waals surface area (Å²) in [6.45, 7) is 0.0752. The lowest BCUT2D eigenvalue weighted by molar-refractivity contribution is -0.114. The monoisotopic (exact) mass is 408 g/mol. The molecule has 3 heterocycles. The average Bonchev–Trinajstić information content (AvgIpc) is 3.23. The molecular weight excluding hydrogens is 387 g/mol. The van der Waals surface area contributed by atoms with Crippen LogP contribution in [-0.4, -0.2) is 46.5 Å². The van der Waals surface area contributed by atoms with Crippen LogP contribution in [0.4, 0.5) is 15.9 Å². The lowest BCUT2D eigenvalue weighted by Gasteiger charge is -2.21. The van der Waals surface area contributed by atoms with E-state index in [1.165, 1.54) is 18.3 Å². The van der Waals surface area contributed by atoms with Crippen molar-refractivity contribution in [2.45, 2.75) is 19.3 Å². The fourth-order valence-corrected chi connectivity index (χ4v) is 3.44. The summed E-state index contributed by atoms with van der Waals surface area (Å²) in [4.78, 5) is 31.6. The summed E-state index contributed by atoms with van der Waals surface area (Å²) in [7, 11) is 3.41. The van der Waals surface area contributed by atoms with Crippen molar-refractivity contribution in [1.82, 2.24) is 19.9 Å². The van der Waals surface area contributed by atoms with Crippen molar-refractivity contribution >= 4 is 17.4 Å². The van der Waals surface area contributed by atoms with Gasteiger partial charge in [0.25, 0.3) is 0 Å². The molecule has 9 heteroatoms. The molecule has 4 rings (SSSR count). The Hall–Kier alpha value is -3.62. The molecule has 3 aromatic rings. The first-order chi connectivity index (χ1) is 14.5. The van der Waals surface area contributed by atoms with Gasteiger partial charge in [0.1, 0.15) is 17.3 Å². The van der Waals surface area contributed by atoms with E-state index < -0.39 is 5.95 Å². The van der Waals surface area contributed by atoms with Crippen molar-refractivity contribution in [2.75, 3.05) is 30.9 Å². The van der Waals surface area contributed by atoms with Gasteiger partial charge in [-0.2, -0.15) is 4.39 Å². The van der Waals surface area contributed by atoms with Crippen molar-refractivity contribution in [2.24, 2.45) is 0 Å². The fraction of sp³-hybridized carbons (Fsp3) is 0.286. The third-order valence-corrected chi connectivity index (χ3v) is 4.86. The first-order valence-corrected chi connectivity index (χ1v) is 9.56. The number of carbonyl (C=O) groups is 1. The highest BCUT2D eigenvalue weighted by atomic mass is 19.1. The van der Waals surface area contributed by atoms with Crippen LogP contribution in [0.3, 0.4) is 0 Å². The number of nitrogens with zero attached hydrogens (tertiary/aromatic N) is 5. The van der Waals surface area contributed by atoms with Gasteiger partial charge in [-0.15, -0.1) is 0 Å². The summed E-state index contributed by atoms with van der Waals surface area (Å²) in [5.74, 6) is 1.04. The standard InChI is InChI=1S/C21H21FN6O2/c1-28(12-19(29)25-13-6-7-18(22)24-11-13)21-15-4-3-5-16(15)26-20(27-21)17-10-14(30-2)8-9-23-17/h6-11H,3-5,12H2,1-2H3,(H,25,29). The third kappa shape index (κ3) is 4.19. The maximum absolute atomic E-state index is 12.9. The number of pyridine rings is 2. The first-order valence-electron chi connectivity index (χ1n) is 9.56. The fourth-order valence-electron chi connectivity index (χ4n) is 3.44. The van der Waals surface area contributed by atoms with E-state index in [0.29, 0.717) is 28.8 Å². The predicted octanol–water partition coefficient (Wildman–Crippen LogP) is 2.64. The van der Waals surface area contributed by atoms with Crippen LogP contribution >= 0.6 is 0 Å². The Balaban J connectivity index is 1.58. The van der Waals surface area contributed by atoms with Gasteiger partial charge in [0.15, 0.2) is 5.82 Å². The number of methoxy groups -OCH3 is 1. The van der Waals surface area contributed by atoms with Crippen LogP contribution in [0.15, 0.2) is 36.7 Å². The molecular formula is C21H21FN6O2. The Morgan fingerprint density at radius 3 is 2.87 bits per heavy atom. The second-order valence-corrected chi connectivity index (χ2v) is 7.00. The maximum atomic E-state index is 12.9. The average molecular weight is 408 g/mol. The summed E-state index contributed by atoms with van der Waals surface area (Å²) in [6.07, 6.45) is 5.65. The van der Waals surface area contributed by atoms with Crippen LogP contribution in [0, 0.1) is 5.95 Å². The van der Waals surface area contributed by atoms with E-state index in [1.807, 2.05) is 7.05 Å². The van der Waals surface area contributed by atoms with Crippen LogP contribution < -0.4 is 15.0 Å². The lowest BCUT2D eigenvalue weighted by Crippen LogP contribution is -2.31. The molecule has 0 fully saturated rings. The van der Waals surface area contributed by atoms with E-state index in [9.17, 15) is 9.18 Å². The SMILES string of the molecule is COc1ccnc(-c2nc3c(c(N(C)CC(=O)Nc4ccc(F)nc4)n2)CCC3)c1. The molecule has 1 aliphatic rings. The molecule has 1 amide bonds. The van der Waals surface area contributed by atoms with Crippen molar-refractivity contribution in [3.05, 3.63) is 53.9 Å². The zero-order valence-corrected chi connectivity index (χ0v) is 16.7. The third-order valence-electron chi connectivity index (χ3n) is 4.86. The quantitative estimate of drug-likeness (QED) is 0.627. The predicted molar refractivity (Wildman–Crippen MR) is 110 cm³/mol. The van der Waals surface area contributed by atoms with Gasteiger partial charge < -0.3 is 15.0 Å². The molecule has 154 valence electrons. The molecule has 0 aromatic carbocycles. The summed E-state index contributed by atoms with van der Waals surface area (Å²) in [6, 6.07) is 6.21. The van der Waals surface area contributed by atoms with Crippen molar-refractivity contribution in [3.63, 3.8) is 0 Å². The molecule has 0 saturated heterocycles. The van der Waals surface area contributed by atoms with E-state index in [-0.39, 0.29) is 12.5 Å². The van der Waals surface area contributed by atoms with Gasteiger partial charge in [0.05, 0.1) is 25.5 Å². The van der Waals surface area contributed by atoms with Gasteiger partial charge in [-0.25, -0.2) is 15.0 Å². The maximum Gasteiger partial charge on any atom is 0.243 e. The number of anilines is 2. The van der Waals surface area contributed by atoms with E-state index >= 15 is 0 Å². The number of ether oxygens (including phenoxy) is 1. The Bertz CT molecular complexity index is 1070. The minimum atomic E-state index is -0.597. The summed E-state index contributed by atoms with van der Waals surface area (Å²) >= 11 is 0. The number of likely N-dealkylation sites (N-methyl/N-ethyl adjacent to an activating group) is 1. The van der Waals surface area contributed by atoms with Crippen LogP contribution in [0.25, 0.3) is 11.5 Å². The minimum Gasteiger partial charge on any atom is -0.497 e. The van der Waals surface area contributed by atoms with Gasteiger partial charge in [0.2, 0.25) is 11.9 Å². The molecule has 1 aliphatic carbocycles. The molecule has 0 atom stereocenters. The second-order valence-electron chi connectivity index (χ2n) is 7.00. The summed E-state index contributed by atoms with van der Waals surface area (Å²) in [5, 5.41) is 2.72. The molecule has 0 radical (unpaired) electrons. The van der Waals surface area contributed by atoms with Crippen LogP contribution in [0.2, 0.25) is 0 Å². The highest BCUT2D eigenvalue weighted by Crippen LogP contribution is 2.31. The highest BCUT2D eigenvalue weighted by molar-refractivity contribution is 5.93. The zero-order chi connectivity index (χ0) is 21.1. The van der Waals surface area contributed by atoms with Gasteiger partial charge in [-0.05, 0) is 37.5 Å². The number of hydrogen-bond donors (Lipinski definition) is 1. The molecule has 0 aliphatic heterocycles. The van der Waals surface area contributed by atoms with Crippen molar-refractivity contribution < 1.29 is 13.9 Å². The van der Waals surface area contributed by atoms with Gasteiger partial charge >= 0.3 is 0 Å². The molecule has 0 bridgehead atoms. The molecule has 0 unspecified atom stereocenters. The largest absolute Gasteiger partial charge is 0.497 e. The van der Waals surface area contributed by atoms with Crippen LogP contribution in [-0.2, 0) is 17.6 Å². The Kier molecular flexibility index (Phi) is 5.51. The molecule has 0 spiro atoms. The first kappa shape index (κ1) is 19.7. The molecule has 3 aromatic heterocycles. The van der Waals surface area contributed by atoms with Gasteiger partial charge in [0, 0.05) is 30.6 Å². The number of fused-ring (bicyclic) bond motifs is 1. The van der Waals surface area contributed by atoms with E-state index in [0.717, 1.165) is 30.5 Å². The van der Waals surface area contributed by atoms with Gasteiger partial charge in [-0.3, -0.25) is 9.78 Å². The van der Waals surface area contributed by atoms with Crippen molar-refractivity contribution in [1.29, 1.82) is 0 Å². The Morgan fingerprint density at radius 2 is 2.10 bits per heavy atom. The Morgan fingerprint density at radius 1 is 1.23 bits per heavy atom. The molecule has 8 nitrogen and oxygen atoms in total. The number of nitrogens with one attached hydrogen (secondary N) is 1. The molecule has 30 heavy (non-hydrogen) atoms. The number of amides is 1. The topological polar surface area (TPSA) is 93.1 Å². The molecule has 1 N–H and O–H groups in total. The summed E-state index contributed by atoms with van der Waals surface area (Å²) in [5.41, 5.74) is 3.08. The summed E-state index contributed by atoms with van der Waals surface area (Å²) < 4.78 is 18.2. The zero-order valence-electron chi connectivity index (χ0n) is 16.7. The van der Waals surface area contributed by atoms with Crippen molar-refractivity contribution in [3.8, 4) is 17.3 Å². The number of rotatable bonds is 6. The van der Waals surface area contributed by atoms with Crippen LogP contribution in [0.5, 0.6) is 5.75 Å². The van der Waals surface area contributed by atoms with Crippen LogP contribution in [0.1, 0.15) is 17.7 Å². The number of hydrogen-bond acceptors (Lipinski definition) is 7. The Labute approximate surface area is 173 Å². The number of halogens is 1. The van der Waals surface area contributed by atoms with Gasteiger partial charge in [-0.1, -0.05) is 0 Å². The normalized spacial score (nSPS) is 12.4. The minimum absolute atomic E-state index is 0.0752. The van der Waals surface area contributed by atoms with E-state index in [1.54, 1.807) is 30.3 Å². The number of carbonyl (C=O) groups excluding carboxylic acids is 1.